The highest BCUT2D eigenvalue weighted by Crippen LogP contribution is 2.39. The monoisotopic (exact) mass is 614 g/mol. The van der Waals surface area contributed by atoms with E-state index >= 15 is 0 Å². The Bertz CT molecular complexity index is 1360. The molecule has 2 fully saturated rings. The second-order valence-electron chi connectivity index (χ2n) is 9.85. The van der Waals surface area contributed by atoms with Crippen molar-refractivity contribution in [3.05, 3.63) is 39.4 Å². The third-order valence-corrected chi connectivity index (χ3v) is 9.33. The molecule has 0 aromatic carbocycles. The van der Waals surface area contributed by atoms with Crippen LogP contribution in [0.2, 0.25) is 5.02 Å². The topological polar surface area (TPSA) is 112 Å². The van der Waals surface area contributed by atoms with Gasteiger partial charge in [-0.05, 0) is 38.3 Å². The Morgan fingerprint density at radius 1 is 1.15 bits per heavy atom. The molecule has 1 atom stereocenters. The van der Waals surface area contributed by atoms with E-state index < -0.39 is 24.0 Å². The number of piperidine rings is 2. The fraction of sp³-hybridized carbons (Fsp3) is 0.480. The van der Waals surface area contributed by atoms with Crippen LogP contribution in [-0.4, -0.2) is 69.2 Å². The number of anilines is 2. The van der Waals surface area contributed by atoms with Crippen LogP contribution in [0.5, 0.6) is 0 Å². The first kappa shape index (κ1) is 28.7. The SMILES string of the molecule is O=C(Nc1nc(-c2cc(Cl)cs2)c(CN2CCCC(C(F)(F)F)C2)s1)c1cnc(N2CCC(C(=O)O)CC2)cn1. The number of nitrogens with one attached hydrogen (secondary N) is 1. The number of hydrogen-bond donors (Lipinski definition) is 2. The third kappa shape index (κ3) is 6.73. The molecule has 1 amide bonds. The maximum absolute atomic E-state index is 13.4. The van der Waals surface area contributed by atoms with Gasteiger partial charge in [0.1, 0.15) is 11.5 Å². The van der Waals surface area contributed by atoms with Gasteiger partial charge in [0.2, 0.25) is 0 Å². The third-order valence-electron chi connectivity index (χ3n) is 7.09. The number of carbonyl (C=O) groups is 2. The minimum absolute atomic E-state index is 0.0747. The number of rotatable bonds is 7. The molecule has 2 aliphatic rings. The minimum Gasteiger partial charge on any atom is -0.481 e. The van der Waals surface area contributed by atoms with E-state index in [2.05, 4.69) is 20.3 Å². The number of aromatic nitrogens is 3. The van der Waals surface area contributed by atoms with Gasteiger partial charge in [0.25, 0.3) is 5.91 Å². The zero-order valence-corrected chi connectivity index (χ0v) is 23.5. The molecule has 0 saturated carbocycles. The second kappa shape index (κ2) is 12.0. The molecule has 3 aromatic rings. The lowest BCUT2D eigenvalue weighted by Crippen LogP contribution is -2.41. The van der Waals surface area contributed by atoms with E-state index in [9.17, 15) is 27.9 Å². The van der Waals surface area contributed by atoms with Crippen LogP contribution in [0.3, 0.4) is 0 Å². The van der Waals surface area contributed by atoms with E-state index in [1.54, 1.807) is 16.3 Å². The van der Waals surface area contributed by atoms with Gasteiger partial charge in [-0.2, -0.15) is 13.2 Å². The number of thiophene rings is 1. The molecule has 0 aliphatic carbocycles. The number of amides is 1. The molecule has 9 nitrogen and oxygen atoms in total. The molecule has 15 heteroatoms. The van der Waals surface area contributed by atoms with Crippen LogP contribution in [0.25, 0.3) is 10.6 Å². The van der Waals surface area contributed by atoms with Gasteiger partial charge in [-0.25, -0.2) is 15.0 Å². The number of aliphatic carboxylic acids is 1. The Morgan fingerprint density at radius 3 is 2.55 bits per heavy atom. The highest BCUT2D eigenvalue weighted by atomic mass is 35.5. The summed E-state index contributed by atoms with van der Waals surface area (Å²) in [4.78, 5) is 42.5. The van der Waals surface area contributed by atoms with Crippen LogP contribution >= 0.6 is 34.3 Å². The zero-order chi connectivity index (χ0) is 28.4. The minimum atomic E-state index is -4.24. The molecule has 2 aliphatic heterocycles. The summed E-state index contributed by atoms with van der Waals surface area (Å²) in [5.74, 6) is -2.48. The maximum Gasteiger partial charge on any atom is 0.393 e. The van der Waals surface area contributed by atoms with Crippen molar-refractivity contribution >= 4 is 57.1 Å². The molecular formula is C25H26ClF3N6O3S2. The quantitative estimate of drug-likeness (QED) is 0.352. The van der Waals surface area contributed by atoms with E-state index in [0.29, 0.717) is 60.6 Å². The predicted octanol–water partition coefficient (Wildman–Crippen LogP) is 5.64. The van der Waals surface area contributed by atoms with Gasteiger partial charge in [0.15, 0.2) is 5.13 Å². The molecule has 0 spiro atoms. The fourth-order valence-electron chi connectivity index (χ4n) is 4.93. The van der Waals surface area contributed by atoms with E-state index in [4.69, 9.17) is 11.6 Å². The van der Waals surface area contributed by atoms with Gasteiger partial charge in [0, 0.05) is 36.4 Å². The Balaban J connectivity index is 1.28. The Labute approximate surface area is 241 Å². The average molecular weight is 615 g/mol. The van der Waals surface area contributed by atoms with Crippen molar-refractivity contribution < 1.29 is 27.9 Å². The Kier molecular flexibility index (Phi) is 8.59. The summed E-state index contributed by atoms with van der Waals surface area (Å²) >= 11 is 8.70. The number of likely N-dealkylation sites (tertiary alicyclic amines) is 1. The first-order valence-corrected chi connectivity index (χ1v) is 14.8. The van der Waals surface area contributed by atoms with E-state index in [1.165, 1.54) is 35.1 Å². The average Bonchev–Trinajstić information content (AvgIpc) is 3.54. The summed E-state index contributed by atoms with van der Waals surface area (Å²) in [5.41, 5.74) is 0.656. The van der Waals surface area contributed by atoms with Crippen LogP contribution in [0.4, 0.5) is 24.1 Å². The normalized spacial score (nSPS) is 19.1. The van der Waals surface area contributed by atoms with Crippen molar-refractivity contribution in [3.63, 3.8) is 0 Å². The molecule has 40 heavy (non-hydrogen) atoms. The van der Waals surface area contributed by atoms with Gasteiger partial charge in [-0.15, -0.1) is 11.3 Å². The van der Waals surface area contributed by atoms with Crippen LogP contribution in [0, 0.1) is 11.8 Å². The Morgan fingerprint density at radius 2 is 1.93 bits per heavy atom. The molecule has 0 bridgehead atoms. The van der Waals surface area contributed by atoms with Gasteiger partial charge in [0.05, 0.1) is 39.8 Å². The number of hydrogen-bond acceptors (Lipinski definition) is 9. The lowest BCUT2D eigenvalue weighted by atomic mass is 9.97. The largest absolute Gasteiger partial charge is 0.481 e. The Hall–Kier alpha value is -2.81. The summed E-state index contributed by atoms with van der Waals surface area (Å²) in [6.07, 6.45) is 0.205. The molecule has 2 N–H and O–H groups in total. The zero-order valence-electron chi connectivity index (χ0n) is 21.2. The van der Waals surface area contributed by atoms with Crippen molar-refractivity contribution in [2.24, 2.45) is 11.8 Å². The molecule has 5 rings (SSSR count). The summed E-state index contributed by atoms with van der Waals surface area (Å²) < 4.78 is 40.1. The number of carbonyl (C=O) groups excluding carboxylic acids is 1. The molecule has 5 heterocycles. The number of carboxylic acids is 1. The number of thiazole rings is 1. The number of nitrogens with zero attached hydrogens (tertiary/aromatic N) is 5. The molecular weight excluding hydrogens is 589 g/mol. The molecule has 1 unspecified atom stereocenters. The van der Waals surface area contributed by atoms with Gasteiger partial charge in [-0.3, -0.25) is 19.8 Å². The molecule has 2 saturated heterocycles. The summed E-state index contributed by atoms with van der Waals surface area (Å²) in [5, 5.41) is 14.5. The van der Waals surface area contributed by atoms with Gasteiger partial charge >= 0.3 is 12.1 Å². The van der Waals surface area contributed by atoms with Crippen LogP contribution < -0.4 is 10.2 Å². The second-order valence-corrected chi connectivity index (χ2v) is 12.3. The van der Waals surface area contributed by atoms with E-state index in [-0.39, 0.29) is 31.1 Å². The maximum atomic E-state index is 13.4. The van der Waals surface area contributed by atoms with Gasteiger partial charge < -0.3 is 10.0 Å². The fourth-order valence-corrected chi connectivity index (χ4v) is 7.10. The van der Waals surface area contributed by atoms with Crippen LogP contribution in [-0.2, 0) is 11.3 Å². The van der Waals surface area contributed by atoms with Crippen molar-refractivity contribution in [3.8, 4) is 10.6 Å². The van der Waals surface area contributed by atoms with Crippen molar-refractivity contribution in [2.75, 3.05) is 36.4 Å². The summed E-state index contributed by atoms with van der Waals surface area (Å²) in [6, 6.07) is 1.74. The van der Waals surface area contributed by atoms with Crippen molar-refractivity contribution in [2.45, 2.75) is 38.4 Å². The van der Waals surface area contributed by atoms with E-state index in [0.717, 1.165) is 9.75 Å². The summed E-state index contributed by atoms with van der Waals surface area (Å²) in [7, 11) is 0. The number of alkyl halides is 3. The lowest BCUT2D eigenvalue weighted by molar-refractivity contribution is -0.187. The summed E-state index contributed by atoms with van der Waals surface area (Å²) in [6.45, 7) is 1.82. The highest BCUT2D eigenvalue weighted by molar-refractivity contribution is 7.17. The number of halogens is 4. The van der Waals surface area contributed by atoms with Crippen molar-refractivity contribution in [1.82, 2.24) is 19.9 Å². The highest BCUT2D eigenvalue weighted by Gasteiger charge is 2.42. The standard InChI is InChI=1S/C25H26ClF3N6O3S2/c26-16-8-18(39-13-16)21-19(12-34-5-1-2-15(11-34)25(27,28)29)40-24(32-21)33-22(36)17-9-31-20(10-30-17)35-6-3-14(4-7-35)23(37)38/h8-10,13-15H,1-7,11-12H2,(H,37,38)(H,32,33,36). The number of carboxylic acid groups (broad SMARTS) is 1. The molecule has 3 aromatic heterocycles. The smallest absolute Gasteiger partial charge is 0.393 e. The molecule has 214 valence electrons. The van der Waals surface area contributed by atoms with Gasteiger partial charge in [-0.1, -0.05) is 22.9 Å². The first-order chi connectivity index (χ1) is 19.1. The predicted molar refractivity (Wildman–Crippen MR) is 147 cm³/mol. The first-order valence-electron chi connectivity index (χ1n) is 12.7. The van der Waals surface area contributed by atoms with E-state index in [1.807, 2.05) is 4.90 Å². The molecule has 0 radical (unpaired) electrons. The van der Waals surface area contributed by atoms with Crippen LogP contribution in [0.15, 0.2) is 23.8 Å². The van der Waals surface area contributed by atoms with Crippen LogP contribution in [0.1, 0.15) is 41.0 Å². The lowest BCUT2D eigenvalue weighted by Gasteiger charge is -2.33. The van der Waals surface area contributed by atoms with Crippen molar-refractivity contribution in [1.29, 1.82) is 0 Å².